The molecule has 3 aromatic carbocycles. The Labute approximate surface area is 233 Å². The molecule has 6 nitrogen and oxygen atoms in total. The second kappa shape index (κ2) is 12.2. The van der Waals surface area contributed by atoms with Crippen molar-refractivity contribution in [3.63, 3.8) is 0 Å². The van der Waals surface area contributed by atoms with E-state index in [0.717, 1.165) is 22.2 Å². The standard InChI is InChI=1S/C29H28BrF3N2O4/c1-19-28(17-22-5-2-3-6-25(22)30,27(37)34-18-20-7-11-23(12-8-20)29(31,32)33)35-26(39-19)21-9-13-24(14-10-21)38-16-4-15-36/h2-3,5-14,19,36H,4,15-18H2,1H3,(H,34,37)/t19-,28-/m1/s1. The van der Waals surface area contributed by atoms with Crippen LogP contribution in [0, 0.1) is 0 Å². The fourth-order valence-electron chi connectivity index (χ4n) is 4.22. The number of aliphatic imine (C=N–C) groups is 1. The number of hydrogen-bond donors (Lipinski definition) is 2. The minimum Gasteiger partial charge on any atom is -0.494 e. The van der Waals surface area contributed by atoms with E-state index < -0.39 is 29.3 Å². The summed E-state index contributed by atoms with van der Waals surface area (Å²) in [6.07, 6.45) is -4.30. The summed E-state index contributed by atoms with van der Waals surface area (Å²) in [4.78, 5) is 18.5. The van der Waals surface area contributed by atoms with Crippen LogP contribution in [0.5, 0.6) is 5.75 Å². The number of amides is 1. The Balaban J connectivity index is 1.59. The summed E-state index contributed by atoms with van der Waals surface area (Å²) in [5.41, 5.74) is -0.0162. The predicted octanol–water partition coefficient (Wildman–Crippen LogP) is 5.69. The normalized spacial score (nSPS) is 18.8. The van der Waals surface area contributed by atoms with Crippen LogP contribution < -0.4 is 10.1 Å². The van der Waals surface area contributed by atoms with Crippen molar-refractivity contribution in [2.45, 2.75) is 44.1 Å². The van der Waals surface area contributed by atoms with Crippen LogP contribution in [0.15, 0.2) is 82.3 Å². The molecule has 1 aliphatic rings. The second-order valence-corrected chi connectivity index (χ2v) is 10.1. The van der Waals surface area contributed by atoms with Gasteiger partial charge in [0.2, 0.25) is 5.90 Å². The van der Waals surface area contributed by atoms with E-state index in [9.17, 15) is 18.0 Å². The lowest BCUT2D eigenvalue weighted by Gasteiger charge is -2.28. The van der Waals surface area contributed by atoms with Crippen LogP contribution in [0.25, 0.3) is 0 Å². The predicted molar refractivity (Wildman–Crippen MR) is 145 cm³/mol. The van der Waals surface area contributed by atoms with E-state index in [1.54, 1.807) is 31.2 Å². The van der Waals surface area contributed by atoms with Gasteiger partial charge in [-0.15, -0.1) is 0 Å². The monoisotopic (exact) mass is 604 g/mol. The smallest absolute Gasteiger partial charge is 0.416 e. The molecule has 39 heavy (non-hydrogen) atoms. The van der Waals surface area contributed by atoms with Gasteiger partial charge in [-0.3, -0.25) is 4.79 Å². The molecule has 0 saturated carbocycles. The fraction of sp³-hybridized carbons (Fsp3) is 0.310. The summed E-state index contributed by atoms with van der Waals surface area (Å²) in [5, 5.41) is 11.8. The number of nitrogens with zero attached hydrogens (tertiary/aromatic N) is 1. The van der Waals surface area contributed by atoms with Gasteiger partial charge < -0.3 is 19.9 Å². The number of aliphatic hydroxyl groups is 1. The van der Waals surface area contributed by atoms with Gasteiger partial charge in [0, 0.05) is 36.0 Å². The third kappa shape index (κ3) is 6.80. The molecule has 0 saturated heterocycles. The molecule has 0 unspecified atom stereocenters. The van der Waals surface area contributed by atoms with Gasteiger partial charge >= 0.3 is 6.18 Å². The van der Waals surface area contributed by atoms with Crippen molar-refractivity contribution in [2.75, 3.05) is 13.2 Å². The number of aliphatic hydroxyl groups excluding tert-OH is 1. The maximum Gasteiger partial charge on any atom is 0.416 e. The molecule has 0 spiro atoms. The van der Waals surface area contributed by atoms with Crippen LogP contribution in [0.1, 0.15) is 35.6 Å². The van der Waals surface area contributed by atoms with Crippen molar-refractivity contribution in [2.24, 2.45) is 4.99 Å². The first kappa shape index (κ1) is 28.6. The lowest BCUT2D eigenvalue weighted by atomic mass is 9.86. The quantitative estimate of drug-likeness (QED) is 0.291. The van der Waals surface area contributed by atoms with Crippen LogP contribution in [0.4, 0.5) is 13.2 Å². The Morgan fingerprint density at radius 3 is 2.44 bits per heavy atom. The van der Waals surface area contributed by atoms with Crippen molar-refractivity contribution in [1.82, 2.24) is 5.32 Å². The summed E-state index contributed by atoms with van der Waals surface area (Å²) in [7, 11) is 0. The molecule has 3 aromatic rings. The Morgan fingerprint density at radius 1 is 1.10 bits per heavy atom. The number of benzene rings is 3. The number of halogens is 4. The van der Waals surface area contributed by atoms with E-state index in [1.165, 1.54) is 12.1 Å². The highest BCUT2D eigenvalue weighted by Gasteiger charge is 2.50. The Hall–Kier alpha value is -3.37. The molecule has 4 rings (SSSR count). The van der Waals surface area contributed by atoms with Crippen molar-refractivity contribution in [1.29, 1.82) is 0 Å². The topological polar surface area (TPSA) is 80.2 Å². The lowest BCUT2D eigenvalue weighted by molar-refractivity contribution is -0.137. The van der Waals surface area contributed by atoms with Crippen LogP contribution in [-0.2, 0) is 28.7 Å². The van der Waals surface area contributed by atoms with Gasteiger partial charge in [-0.05, 0) is 60.5 Å². The molecule has 2 atom stereocenters. The molecule has 10 heteroatoms. The Bertz CT molecular complexity index is 1310. The SMILES string of the molecule is C[C@H]1OC(c2ccc(OCCCO)cc2)=N[C@@]1(Cc1ccccc1Br)C(=O)NCc1ccc(C(F)(F)F)cc1. The Kier molecular flexibility index (Phi) is 8.97. The van der Waals surface area contributed by atoms with Crippen molar-refractivity contribution >= 4 is 27.7 Å². The van der Waals surface area contributed by atoms with E-state index in [-0.39, 0.29) is 19.6 Å². The molecule has 1 aliphatic heterocycles. The first-order valence-corrected chi connectivity index (χ1v) is 13.2. The summed E-state index contributed by atoms with van der Waals surface area (Å²) in [6.45, 7) is 2.24. The summed E-state index contributed by atoms with van der Waals surface area (Å²) >= 11 is 3.55. The first-order chi connectivity index (χ1) is 18.6. The Morgan fingerprint density at radius 2 is 1.79 bits per heavy atom. The number of rotatable bonds is 10. The molecule has 0 bridgehead atoms. The van der Waals surface area contributed by atoms with E-state index in [4.69, 9.17) is 19.6 Å². The number of ether oxygens (including phenoxy) is 2. The fourth-order valence-corrected chi connectivity index (χ4v) is 4.65. The zero-order chi connectivity index (χ0) is 28.0. The van der Waals surface area contributed by atoms with E-state index >= 15 is 0 Å². The van der Waals surface area contributed by atoms with Gasteiger partial charge in [0.1, 0.15) is 11.9 Å². The summed E-state index contributed by atoms with van der Waals surface area (Å²) < 4.78 is 51.3. The van der Waals surface area contributed by atoms with Gasteiger partial charge in [-0.25, -0.2) is 4.99 Å². The maximum atomic E-state index is 13.7. The van der Waals surface area contributed by atoms with Gasteiger partial charge in [-0.2, -0.15) is 13.2 Å². The van der Waals surface area contributed by atoms with Crippen LogP contribution in [0.2, 0.25) is 0 Å². The molecule has 1 heterocycles. The zero-order valence-electron chi connectivity index (χ0n) is 21.2. The third-order valence-electron chi connectivity index (χ3n) is 6.48. The molecular weight excluding hydrogens is 577 g/mol. The van der Waals surface area contributed by atoms with Crippen molar-refractivity contribution in [3.05, 3.63) is 99.5 Å². The molecule has 0 aromatic heterocycles. The van der Waals surface area contributed by atoms with Crippen molar-refractivity contribution in [3.8, 4) is 5.75 Å². The molecule has 0 fully saturated rings. The third-order valence-corrected chi connectivity index (χ3v) is 7.25. The van der Waals surface area contributed by atoms with Gasteiger partial charge in [0.15, 0.2) is 5.54 Å². The minimum absolute atomic E-state index is 0.0339. The molecule has 1 amide bonds. The minimum atomic E-state index is -4.43. The molecule has 2 N–H and O–H groups in total. The van der Waals surface area contributed by atoms with E-state index in [0.29, 0.717) is 35.8 Å². The molecular formula is C29H28BrF3N2O4. The van der Waals surface area contributed by atoms with E-state index in [2.05, 4.69) is 21.2 Å². The number of nitrogens with one attached hydrogen (secondary N) is 1. The van der Waals surface area contributed by atoms with Crippen LogP contribution >= 0.6 is 15.9 Å². The molecule has 206 valence electrons. The van der Waals surface area contributed by atoms with Gasteiger partial charge in [0.05, 0.1) is 12.2 Å². The highest BCUT2D eigenvalue weighted by molar-refractivity contribution is 9.10. The number of alkyl halides is 3. The number of carbonyl (C=O) groups excluding carboxylic acids is 1. The van der Waals surface area contributed by atoms with Crippen molar-refractivity contribution < 1.29 is 32.5 Å². The summed E-state index contributed by atoms with van der Waals surface area (Å²) in [6, 6.07) is 19.3. The van der Waals surface area contributed by atoms with E-state index in [1.807, 2.05) is 24.3 Å². The maximum absolute atomic E-state index is 13.7. The largest absolute Gasteiger partial charge is 0.494 e. The molecule has 0 aliphatic carbocycles. The zero-order valence-corrected chi connectivity index (χ0v) is 22.8. The lowest BCUT2D eigenvalue weighted by Crippen LogP contribution is -2.52. The molecule has 0 radical (unpaired) electrons. The summed E-state index contributed by atoms with van der Waals surface area (Å²) in [5.74, 6) is 0.540. The number of hydrogen-bond acceptors (Lipinski definition) is 5. The average molecular weight is 605 g/mol. The second-order valence-electron chi connectivity index (χ2n) is 9.20. The highest BCUT2D eigenvalue weighted by Crippen LogP contribution is 2.35. The number of carbonyl (C=O) groups is 1. The first-order valence-electron chi connectivity index (χ1n) is 12.4. The van der Waals surface area contributed by atoms with Gasteiger partial charge in [0.25, 0.3) is 5.91 Å². The van der Waals surface area contributed by atoms with Gasteiger partial charge in [-0.1, -0.05) is 46.3 Å². The van der Waals surface area contributed by atoms with Crippen LogP contribution in [0.3, 0.4) is 0 Å². The van der Waals surface area contributed by atoms with Crippen LogP contribution in [-0.4, -0.2) is 41.8 Å². The highest BCUT2D eigenvalue weighted by atomic mass is 79.9. The average Bonchev–Trinajstić information content (AvgIpc) is 3.25.